The summed E-state index contributed by atoms with van der Waals surface area (Å²) in [7, 11) is 5.06. The third-order valence-electron chi connectivity index (χ3n) is 5.51. The highest BCUT2D eigenvalue weighted by molar-refractivity contribution is 5.50. The first-order chi connectivity index (χ1) is 14.9. The van der Waals surface area contributed by atoms with E-state index < -0.39 is 11.2 Å². The SMILES string of the molecule is COCCC(C)(C)OC(c1ccccc1)(c1ccc(OC)cc1)c1ccc(OC)cc1. The predicted molar refractivity (Wildman–Crippen MR) is 124 cm³/mol. The number of benzene rings is 3. The fourth-order valence-corrected chi connectivity index (χ4v) is 3.81. The van der Waals surface area contributed by atoms with Gasteiger partial charge in [0.05, 0.1) is 19.8 Å². The maximum Gasteiger partial charge on any atom is 0.144 e. The van der Waals surface area contributed by atoms with E-state index >= 15 is 0 Å². The Kier molecular flexibility index (Phi) is 7.37. The van der Waals surface area contributed by atoms with Crippen molar-refractivity contribution in [2.75, 3.05) is 27.9 Å². The molecule has 0 unspecified atom stereocenters. The lowest BCUT2D eigenvalue weighted by Gasteiger charge is -2.42. The summed E-state index contributed by atoms with van der Waals surface area (Å²) in [4.78, 5) is 0. The van der Waals surface area contributed by atoms with E-state index in [0.29, 0.717) is 6.61 Å². The molecule has 0 amide bonds. The molecule has 4 heteroatoms. The van der Waals surface area contributed by atoms with Crippen LogP contribution in [0.4, 0.5) is 0 Å². The van der Waals surface area contributed by atoms with Crippen LogP contribution in [0.3, 0.4) is 0 Å². The van der Waals surface area contributed by atoms with Gasteiger partial charge in [-0.05, 0) is 61.2 Å². The average Bonchev–Trinajstić information content (AvgIpc) is 2.82. The second-order valence-electron chi connectivity index (χ2n) is 8.11. The van der Waals surface area contributed by atoms with Crippen LogP contribution in [0.2, 0.25) is 0 Å². The molecular weight excluding hydrogens is 388 g/mol. The molecule has 0 radical (unpaired) electrons. The Morgan fingerprint density at radius 3 is 1.48 bits per heavy atom. The Hall–Kier alpha value is -2.82. The molecule has 0 aromatic heterocycles. The highest BCUT2D eigenvalue weighted by atomic mass is 16.5. The zero-order valence-electron chi connectivity index (χ0n) is 19.1. The molecule has 0 N–H and O–H groups in total. The van der Waals surface area contributed by atoms with Crippen molar-refractivity contribution in [3.05, 3.63) is 95.6 Å². The van der Waals surface area contributed by atoms with Crippen LogP contribution < -0.4 is 9.47 Å². The number of hydrogen-bond acceptors (Lipinski definition) is 4. The van der Waals surface area contributed by atoms with Gasteiger partial charge in [0, 0.05) is 13.7 Å². The Morgan fingerprint density at radius 1 is 0.613 bits per heavy atom. The van der Waals surface area contributed by atoms with Gasteiger partial charge in [-0.25, -0.2) is 0 Å². The topological polar surface area (TPSA) is 36.9 Å². The van der Waals surface area contributed by atoms with Crippen molar-refractivity contribution in [1.82, 2.24) is 0 Å². The smallest absolute Gasteiger partial charge is 0.144 e. The van der Waals surface area contributed by atoms with Crippen LogP contribution >= 0.6 is 0 Å². The molecule has 3 aromatic carbocycles. The zero-order chi connectivity index (χ0) is 22.3. The van der Waals surface area contributed by atoms with Crippen molar-refractivity contribution >= 4 is 0 Å². The average molecular weight is 421 g/mol. The highest BCUT2D eigenvalue weighted by Gasteiger charge is 2.42. The first kappa shape index (κ1) is 22.9. The van der Waals surface area contributed by atoms with Crippen molar-refractivity contribution in [2.45, 2.75) is 31.5 Å². The van der Waals surface area contributed by atoms with Crippen molar-refractivity contribution in [3.63, 3.8) is 0 Å². The molecule has 0 aliphatic carbocycles. The van der Waals surface area contributed by atoms with E-state index in [9.17, 15) is 0 Å². The van der Waals surface area contributed by atoms with Crippen LogP contribution in [0.25, 0.3) is 0 Å². The molecule has 31 heavy (non-hydrogen) atoms. The Labute approximate surface area is 185 Å². The summed E-state index contributed by atoms with van der Waals surface area (Å²) in [6.45, 7) is 4.83. The highest BCUT2D eigenvalue weighted by Crippen LogP contribution is 2.44. The third kappa shape index (κ3) is 5.09. The number of hydrogen-bond donors (Lipinski definition) is 0. The molecular formula is C27H32O4. The molecule has 3 rings (SSSR count). The van der Waals surface area contributed by atoms with Gasteiger partial charge >= 0.3 is 0 Å². The maximum absolute atomic E-state index is 7.07. The number of rotatable bonds is 10. The summed E-state index contributed by atoms with van der Waals surface area (Å²) in [6.07, 6.45) is 0.754. The summed E-state index contributed by atoms with van der Waals surface area (Å²) in [5.41, 5.74) is 1.82. The molecule has 0 aliphatic heterocycles. The molecule has 0 atom stereocenters. The lowest BCUT2D eigenvalue weighted by atomic mass is 9.79. The molecule has 0 spiro atoms. The lowest BCUT2D eigenvalue weighted by Crippen LogP contribution is -2.42. The van der Waals surface area contributed by atoms with Crippen molar-refractivity contribution in [1.29, 1.82) is 0 Å². The van der Waals surface area contributed by atoms with Crippen LogP contribution in [0.1, 0.15) is 37.0 Å². The minimum atomic E-state index is -0.822. The van der Waals surface area contributed by atoms with Gasteiger partial charge in [0.2, 0.25) is 0 Å². The van der Waals surface area contributed by atoms with Crippen LogP contribution in [-0.2, 0) is 15.1 Å². The van der Waals surface area contributed by atoms with Crippen LogP contribution in [-0.4, -0.2) is 33.5 Å². The largest absolute Gasteiger partial charge is 0.497 e. The summed E-state index contributed by atoms with van der Waals surface area (Å²) >= 11 is 0. The van der Waals surface area contributed by atoms with E-state index in [4.69, 9.17) is 18.9 Å². The number of ether oxygens (including phenoxy) is 4. The molecule has 4 nitrogen and oxygen atoms in total. The van der Waals surface area contributed by atoms with E-state index in [-0.39, 0.29) is 0 Å². The van der Waals surface area contributed by atoms with Crippen LogP contribution in [0.15, 0.2) is 78.9 Å². The van der Waals surface area contributed by atoms with Crippen molar-refractivity contribution in [3.8, 4) is 11.5 Å². The van der Waals surface area contributed by atoms with Crippen molar-refractivity contribution < 1.29 is 18.9 Å². The normalized spacial score (nSPS) is 11.9. The molecule has 0 bridgehead atoms. The fraction of sp³-hybridized carbons (Fsp3) is 0.333. The Balaban J connectivity index is 2.25. The summed E-state index contributed by atoms with van der Waals surface area (Å²) in [5.74, 6) is 1.61. The molecule has 0 aliphatic rings. The van der Waals surface area contributed by atoms with Gasteiger partial charge in [0.25, 0.3) is 0 Å². The summed E-state index contributed by atoms with van der Waals surface area (Å²) in [5, 5.41) is 0. The van der Waals surface area contributed by atoms with Gasteiger partial charge in [-0.1, -0.05) is 54.6 Å². The molecule has 0 heterocycles. The van der Waals surface area contributed by atoms with Gasteiger partial charge in [0.1, 0.15) is 17.1 Å². The van der Waals surface area contributed by atoms with Crippen LogP contribution in [0, 0.1) is 0 Å². The number of methoxy groups -OCH3 is 3. The Morgan fingerprint density at radius 2 is 1.06 bits per heavy atom. The van der Waals surface area contributed by atoms with E-state index in [0.717, 1.165) is 34.6 Å². The van der Waals surface area contributed by atoms with Crippen LogP contribution in [0.5, 0.6) is 11.5 Å². The monoisotopic (exact) mass is 420 g/mol. The minimum absolute atomic E-state index is 0.453. The summed E-state index contributed by atoms with van der Waals surface area (Å²) < 4.78 is 23.2. The quantitative estimate of drug-likeness (QED) is 0.387. The molecule has 0 fully saturated rings. The Bertz CT molecular complexity index is 884. The summed E-state index contributed by atoms with van der Waals surface area (Å²) in [6, 6.07) is 26.5. The van der Waals surface area contributed by atoms with E-state index in [2.05, 4.69) is 50.2 Å². The third-order valence-corrected chi connectivity index (χ3v) is 5.51. The predicted octanol–water partition coefficient (Wildman–Crippen LogP) is 5.83. The van der Waals surface area contributed by atoms with E-state index in [1.165, 1.54) is 0 Å². The second kappa shape index (κ2) is 9.99. The van der Waals surface area contributed by atoms with Gasteiger partial charge in [-0.2, -0.15) is 0 Å². The second-order valence-corrected chi connectivity index (χ2v) is 8.11. The molecule has 0 saturated carbocycles. The molecule has 0 saturated heterocycles. The zero-order valence-corrected chi connectivity index (χ0v) is 19.1. The maximum atomic E-state index is 7.07. The standard InChI is InChI=1S/C27H32O4/c1-26(2,19-20-28-3)31-27(21-9-7-6-8-10-21,22-11-15-24(29-4)16-12-22)23-13-17-25(30-5)18-14-23/h6-18H,19-20H2,1-5H3. The minimum Gasteiger partial charge on any atom is -0.497 e. The van der Waals surface area contributed by atoms with Gasteiger partial charge < -0.3 is 18.9 Å². The first-order valence-corrected chi connectivity index (χ1v) is 10.5. The van der Waals surface area contributed by atoms with Gasteiger partial charge in [-0.3, -0.25) is 0 Å². The first-order valence-electron chi connectivity index (χ1n) is 10.5. The van der Waals surface area contributed by atoms with Gasteiger partial charge in [0.15, 0.2) is 0 Å². The van der Waals surface area contributed by atoms with E-state index in [1.54, 1.807) is 21.3 Å². The molecule has 3 aromatic rings. The fourth-order valence-electron chi connectivity index (χ4n) is 3.81. The lowest BCUT2D eigenvalue weighted by molar-refractivity contribution is -0.113. The van der Waals surface area contributed by atoms with Crippen molar-refractivity contribution in [2.24, 2.45) is 0 Å². The van der Waals surface area contributed by atoms with Gasteiger partial charge in [-0.15, -0.1) is 0 Å². The molecule has 164 valence electrons. The van der Waals surface area contributed by atoms with E-state index in [1.807, 2.05) is 42.5 Å².